The standard InChI is InChI=1S/C13H19BrN4O2/c1-17(2)13(20)16-6-5-15-12(19)11-7-9(14)8-18(11)10-3-4-10/h7-8,10H,3-6H2,1-2H3,(H,15,19)(H,16,20). The first-order valence-electron chi connectivity index (χ1n) is 6.59. The minimum Gasteiger partial charge on any atom is -0.349 e. The lowest BCUT2D eigenvalue weighted by atomic mass is 10.4. The summed E-state index contributed by atoms with van der Waals surface area (Å²) in [6, 6.07) is 2.12. The molecule has 0 aromatic carbocycles. The van der Waals surface area contributed by atoms with Crippen LogP contribution < -0.4 is 10.6 Å². The van der Waals surface area contributed by atoms with Crippen molar-refractivity contribution in [3.05, 3.63) is 22.4 Å². The van der Waals surface area contributed by atoms with Crippen molar-refractivity contribution >= 4 is 27.9 Å². The first-order chi connectivity index (χ1) is 9.49. The highest BCUT2D eigenvalue weighted by Gasteiger charge is 2.27. The van der Waals surface area contributed by atoms with Crippen LogP contribution in [0.4, 0.5) is 4.79 Å². The first kappa shape index (κ1) is 14.9. The fourth-order valence-corrected chi connectivity index (χ4v) is 2.31. The van der Waals surface area contributed by atoms with E-state index in [2.05, 4.69) is 26.6 Å². The van der Waals surface area contributed by atoms with Gasteiger partial charge in [-0.1, -0.05) is 0 Å². The van der Waals surface area contributed by atoms with Crippen molar-refractivity contribution in [2.45, 2.75) is 18.9 Å². The van der Waals surface area contributed by atoms with Gasteiger partial charge < -0.3 is 20.1 Å². The summed E-state index contributed by atoms with van der Waals surface area (Å²) < 4.78 is 2.92. The van der Waals surface area contributed by atoms with E-state index in [1.165, 1.54) is 4.90 Å². The highest BCUT2D eigenvalue weighted by molar-refractivity contribution is 9.10. The van der Waals surface area contributed by atoms with Crippen LogP contribution in [0.25, 0.3) is 0 Å². The summed E-state index contributed by atoms with van der Waals surface area (Å²) in [7, 11) is 3.35. The lowest BCUT2D eigenvalue weighted by Gasteiger charge is -2.12. The van der Waals surface area contributed by atoms with Crippen LogP contribution in [0, 0.1) is 0 Å². The zero-order chi connectivity index (χ0) is 14.7. The molecular formula is C13H19BrN4O2. The van der Waals surface area contributed by atoms with Crippen molar-refractivity contribution in [2.75, 3.05) is 27.2 Å². The Morgan fingerprint density at radius 3 is 2.60 bits per heavy atom. The average molecular weight is 343 g/mol. The molecule has 2 N–H and O–H groups in total. The summed E-state index contributed by atoms with van der Waals surface area (Å²) in [5.74, 6) is -0.110. The molecule has 1 aromatic heterocycles. The molecule has 1 aromatic rings. The van der Waals surface area contributed by atoms with Gasteiger partial charge >= 0.3 is 6.03 Å². The Morgan fingerprint density at radius 2 is 2.00 bits per heavy atom. The lowest BCUT2D eigenvalue weighted by Crippen LogP contribution is -2.39. The molecule has 1 aliphatic rings. The lowest BCUT2D eigenvalue weighted by molar-refractivity contribution is 0.0944. The molecule has 3 amide bonds. The minimum atomic E-state index is -0.164. The van der Waals surface area contributed by atoms with Crippen LogP contribution in [0.2, 0.25) is 0 Å². The third kappa shape index (κ3) is 3.75. The zero-order valence-electron chi connectivity index (χ0n) is 11.6. The van der Waals surface area contributed by atoms with E-state index in [-0.39, 0.29) is 11.9 Å². The van der Waals surface area contributed by atoms with Crippen LogP contribution in [0.5, 0.6) is 0 Å². The van der Waals surface area contributed by atoms with Crippen LogP contribution in [-0.4, -0.2) is 48.6 Å². The minimum absolute atomic E-state index is 0.110. The van der Waals surface area contributed by atoms with E-state index in [9.17, 15) is 9.59 Å². The molecule has 0 radical (unpaired) electrons. The number of carbonyl (C=O) groups is 2. The molecule has 20 heavy (non-hydrogen) atoms. The number of rotatable bonds is 5. The maximum atomic E-state index is 12.1. The van der Waals surface area contributed by atoms with Crippen LogP contribution >= 0.6 is 15.9 Å². The second-order valence-electron chi connectivity index (χ2n) is 5.06. The maximum absolute atomic E-state index is 12.1. The van der Waals surface area contributed by atoms with Gasteiger partial charge in [-0.25, -0.2) is 4.79 Å². The monoisotopic (exact) mass is 342 g/mol. The van der Waals surface area contributed by atoms with Gasteiger partial charge in [-0.3, -0.25) is 4.79 Å². The molecule has 0 atom stereocenters. The number of halogens is 1. The molecule has 1 fully saturated rings. The Balaban J connectivity index is 1.82. The van der Waals surface area contributed by atoms with Crippen molar-refractivity contribution in [1.82, 2.24) is 20.1 Å². The number of nitrogens with zero attached hydrogens (tertiary/aromatic N) is 2. The van der Waals surface area contributed by atoms with Gasteiger partial charge in [0, 0.05) is 43.9 Å². The molecule has 1 heterocycles. The number of aromatic nitrogens is 1. The summed E-state index contributed by atoms with van der Waals surface area (Å²) in [4.78, 5) is 24.9. The molecule has 0 bridgehead atoms. The molecule has 0 unspecified atom stereocenters. The molecule has 110 valence electrons. The van der Waals surface area contributed by atoms with Crippen LogP contribution in [0.15, 0.2) is 16.7 Å². The van der Waals surface area contributed by atoms with E-state index < -0.39 is 0 Å². The summed E-state index contributed by atoms with van der Waals surface area (Å²) in [6.07, 6.45) is 4.20. The fourth-order valence-electron chi connectivity index (χ4n) is 1.88. The third-order valence-corrected chi connectivity index (χ3v) is 3.51. The number of carbonyl (C=O) groups excluding carboxylic acids is 2. The molecule has 7 heteroatoms. The van der Waals surface area contributed by atoms with E-state index in [0.29, 0.717) is 24.8 Å². The Kier molecular flexibility index (Phi) is 4.69. The Morgan fingerprint density at radius 1 is 1.35 bits per heavy atom. The molecular weight excluding hydrogens is 324 g/mol. The summed E-state index contributed by atoms with van der Waals surface area (Å²) in [6.45, 7) is 0.819. The van der Waals surface area contributed by atoms with Gasteiger partial charge in [0.2, 0.25) is 0 Å². The Labute approximate surface area is 126 Å². The molecule has 1 saturated carbocycles. The molecule has 6 nitrogen and oxygen atoms in total. The molecule has 0 saturated heterocycles. The van der Waals surface area contributed by atoms with Gasteiger partial charge in [-0.2, -0.15) is 0 Å². The smallest absolute Gasteiger partial charge is 0.316 e. The Bertz CT molecular complexity index is 508. The molecule has 1 aliphatic carbocycles. The largest absolute Gasteiger partial charge is 0.349 e. The predicted molar refractivity (Wildman–Crippen MR) is 79.8 cm³/mol. The number of hydrogen-bond acceptors (Lipinski definition) is 2. The third-order valence-electron chi connectivity index (χ3n) is 3.08. The molecule has 0 aliphatic heterocycles. The van der Waals surface area contributed by atoms with Gasteiger partial charge in [0.25, 0.3) is 5.91 Å². The highest BCUT2D eigenvalue weighted by atomic mass is 79.9. The Hall–Kier alpha value is -1.50. The SMILES string of the molecule is CN(C)C(=O)NCCNC(=O)c1cc(Br)cn1C1CC1. The quantitative estimate of drug-likeness (QED) is 0.798. The number of nitrogens with one attached hydrogen (secondary N) is 2. The summed E-state index contributed by atoms with van der Waals surface area (Å²) in [5, 5.41) is 5.52. The van der Waals surface area contributed by atoms with E-state index in [1.807, 2.05) is 16.8 Å². The second-order valence-corrected chi connectivity index (χ2v) is 5.98. The van der Waals surface area contributed by atoms with Gasteiger partial charge in [0.15, 0.2) is 0 Å². The van der Waals surface area contributed by atoms with Crippen LogP contribution in [0.1, 0.15) is 29.4 Å². The second kappa shape index (κ2) is 6.30. The highest BCUT2D eigenvalue weighted by Crippen LogP contribution is 2.37. The van der Waals surface area contributed by atoms with Crippen molar-refractivity contribution in [3.63, 3.8) is 0 Å². The maximum Gasteiger partial charge on any atom is 0.316 e. The van der Waals surface area contributed by atoms with E-state index in [0.717, 1.165) is 17.3 Å². The summed E-state index contributed by atoms with van der Waals surface area (Å²) in [5.41, 5.74) is 0.665. The van der Waals surface area contributed by atoms with Crippen molar-refractivity contribution in [1.29, 1.82) is 0 Å². The van der Waals surface area contributed by atoms with Gasteiger partial charge in [-0.05, 0) is 34.8 Å². The first-order valence-corrected chi connectivity index (χ1v) is 7.39. The normalized spacial score (nSPS) is 13.9. The zero-order valence-corrected chi connectivity index (χ0v) is 13.2. The topological polar surface area (TPSA) is 66.4 Å². The number of hydrogen-bond donors (Lipinski definition) is 2. The predicted octanol–water partition coefficient (Wildman–Crippen LogP) is 1.59. The van der Waals surface area contributed by atoms with E-state index >= 15 is 0 Å². The molecule has 0 spiro atoms. The van der Waals surface area contributed by atoms with E-state index in [1.54, 1.807) is 14.1 Å². The van der Waals surface area contributed by atoms with Gasteiger partial charge in [0.05, 0.1) is 0 Å². The van der Waals surface area contributed by atoms with Crippen molar-refractivity contribution in [2.24, 2.45) is 0 Å². The summed E-state index contributed by atoms with van der Waals surface area (Å²) >= 11 is 3.40. The molecule has 2 rings (SSSR count). The average Bonchev–Trinajstić information content (AvgIpc) is 3.16. The van der Waals surface area contributed by atoms with E-state index in [4.69, 9.17) is 0 Å². The van der Waals surface area contributed by atoms with Crippen LogP contribution in [-0.2, 0) is 0 Å². The van der Waals surface area contributed by atoms with Crippen molar-refractivity contribution in [3.8, 4) is 0 Å². The van der Waals surface area contributed by atoms with Gasteiger partial charge in [0.1, 0.15) is 5.69 Å². The number of urea groups is 1. The number of amides is 3. The fraction of sp³-hybridized carbons (Fsp3) is 0.538. The van der Waals surface area contributed by atoms with Gasteiger partial charge in [-0.15, -0.1) is 0 Å². The van der Waals surface area contributed by atoms with Crippen molar-refractivity contribution < 1.29 is 9.59 Å². The van der Waals surface area contributed by atoms with Crippen LogP contribution in [0.3, 0.4) is 0 Å².